The highest BCUT2D eigenvalue weighted by atomic mass is 35.5. The van der Waals surface area contributed by atoms with Crippen molar-refractivity contribution in [2.24, 2.45) is 0 Å². The van der Waals surface area contributed by atoms with Gasteiger partial charge in [-0.25, -0.2) is 0 Å². The summed E-state index contributed by atoms with van der Waals surface area (Å²) in [5, 5.41) is 4.17. The molecule has 0 radical (unpaired) electrons. The van der Waals surface area contributed by atoms with Gasteiger partial charge in [-0.15, -0.1) is 0 Å². The van der Waals surface area contributed by atoms with Crippen LogP contribution in [0.5, 0.6) is 5.75 Å². The van der Waals surface area contributed by atoms with Crippen molar-refractivity contribution >= 4 is 11.6 Å². The first-order valence-corrected chi connectivity index (χ1v) is 7.73. The van der Waals surface area contributed by atoms with E-state index in [4.69, 9.17) is 16.3 Å². The Labute approximate surface area is 132 Å². The number of benzene rings is 2. The third-order valence-electron chi connectivity index (χ3n) is 3.20. The molecule has 112 valence electrons. The lowest BCUT2D eigenvalue weighted by Gasteiger charge is -2.11. The van der Waals surface area contributed by atoms with Gasteiger partial charge in [0, 0.05) is 23.2 Å². The number of halogens is 1. The minimum Gasteiger partial charge on any atom is -0.494 e. The fourth-order valence-corrected chi connectivity index (χ4v) is 2.46. The van der Waals surface area contributed by atoms with Gasteiger partial charge in [0.25, 0.3) is 0 Å². The molecule has 21 heavy (non-hydrogen) atoms. The molecular formula is C18H22ClNO. The number of ether oxygens (including phenoxy) is 1. The number of hydrogen-bond donors (Lipinski definition) is 1. The van der Waals surface area contributed by atoms with Crippen molar-refractivity contribution in [2.45, 2.75) is 33.4 Å². The van der Waals surface area contributed by atoms with Gasteiger partial charge in [0.15, 0.2) is 0 Å². The smallest absolute Gasteiger partial charge is 0.119 e. The van der Waals surface area contributed by atoms with Gasteiger partial charge >= 0.3 is 0 Å². The van der Waals surface area contributed by atoms with E-state index in [2.05, 4.69) is 37.4 Å². The van der Waals surface area contributed by atoms with Gasteiger partial charge in [-0.1, -0.05) is 49.7 Å². The van der Waals surface area contributed by atoms with Crippen molar-refractivity contribution < 1.29 is 4.74 Å². The van der Waals surface area contributed by atoms with E-state index in [9.17, 15) is 0 Å². The first-order valence-electron chi connectivity index (χ1n) is 7.35. The first-order chi connectivity index (χ1) is 10.1. The summed E-state index contributed by atoms with van der Waals surface area (Å²) >= 11 is 6.44. The fourth-order valence-electron chi connectivity index (χ4n) is 2.14. The molecule has 0 fully saturated rings. The Morgan fingerprint density at radius 2 is 1.95 bits per heavy atom. The highest BCUT2D eigenvalue weighted by molar-refractivity contribution is 6.33. The Hall–Kier alpha value is -1.51. The van der Waals surface area contributed by atoms with Crippen LogP contribution in [-0.2, 0) is 6.54 Å². The summed E-state index contributed by atoms with van der Waals surface area (Å²) < 4.78 is 5.54. The molecule has 0 aliphatic heterocycles. The van der Waals surface area contributed by atoms with Gasteiger partial charge in [-0.05, 0) is 36.2 Å². The van der Waals surface area contributed by atoms with Crippen LogP contribution in [0.4, 0.5) is 0 Å². The molecule has 0 bridgehead atoms. The van der Waals surface area contributed by atoms with Gasteiger partial charge in [0.1, 0.15) is 5.75 Å². The molecule has 0 aliphatic rings. The van der Waals surface area contributed by atoms with Crippen LogP contribution in [0.2, 0.25) is 5.02 Å². The van der Waals surface area contributed by atoms with Crippen LogP contribution in [0.1, 0.15) is 26.3 Å². The van der Waals surface area contributed by atoms with E-state index >= 15 is 0 Å². The van der Waals surface area contributed by atoms with E-state index in [-0.39, 0.29) is 0 Å². The zero-order valence-corrected chi connectivity index (χ0v) is 13.6. The van der Waals surface area contributed by atoms with Gasteiger partial charge < -0.3 is 10.1 Å². The second-order valence-electron chi connectivity index (χ2n) is 5.31. The van der Waals surface area contributed by atoms with Crippen molar-refractivity contribution in [3.63, 3.8) is 0 Å². The summed E-state index contributed by atoms with van der Waals surface area (Å²) in [4.78, 5) is 0. The van der Waals surface area contributed by atoms with Crippen LogP contribution in [0, 0.1) is 0 Å². The maximum absolute atomic E-state index is 6.44. The number of hydrogen-bond acceptors (Lipinski definition) is 2. The third kappa shape index (κ3) is 4.48. The largest absolute Gasteiger partial charge is 0.494 e. The number of nitrogens with one attached hydrogen (secondary N) is 1. The summed E-state index contributed by atoms with van der Waals surface area (Å²) in [5.74, 6) is 0.872. The van der Waals surface area contributed by atoms with E-state index in [1.54, 1.807) is 0 Å². The second-order valence-corrected chi connectivity index (χ2v) is 5.72. The number of rotatable bonds is 6. The predicted molar refractivity (Wildman–Crippen MR) is 90.0 cm³/mol. The lowest BCUT2D eigenvalue weighted by Crippen LogP contribution is -2.21. The maximum Gasteiger partial charge on any atom is 0.119 e. The molecule has 0 aliphatic carbocycles. The zero-order chi connectivity index (χ0) is 15.2. The minimum absolute atomic E-state index is 0.464. The van der Waals surface area contributed by atoms with Gasteiger partial charge in [-0.3, -0.25) is 0 Å². The lowest BCUT2D eigenvalue weighted by molar-refractivity contribution is 0.340. The van der Waals surface area contributed by atoms with Crippen LogP contribution in [0.3, 0.4) is 0 Å². The van der Waals surface area contributed by atoms with Crippen molar-refractivity contribution in [3.8, 4) is 16.9 Å². The monoisotopic (exact) mass is 303 g/mol. The van der Waals surface area contributed by atoms with Crippen LogP contribution < -0.4 is 10.1 Å². The van der Waals surface area contributed by atoms with Crippen LogP contribution in [0.15, 0.2) is 42.5 Å². The molecule has 0 amide bonds. The molecule has 0 aromatic heterocycles. The van der Waals surface area contributed by atoms with E-state index in [0.717, 1.165) is 28.4 Å². The average Bonchev–Trinajstić information content (AvgIpc) is 2.46. The third-order valence-corrected chi connectivity index (χ3v) is 3.52. The SMILES string of the molecule is CCOc1cccc(-c2ccc(CNC(C)C)cc2Cl)c1. The van der Waals surface area contributed by atoms with E-state index in [1.165, 1.54) is 5.56 Å². The Kier molecular flexibility index (Phi) is 5.66. The summed E-state index contributed by atoms with van der Waals surface area (Å²) in [5.41, 5.74) is 3.30. The molecule has 0 atom stereocenters. The molecule has 0 saturated heterocycles. The molecule has 3 heteroatoms. The van der Waals surface area contributed by atoms with Crippen LogP contribution in [-0.4, -0.2) is 12.6 Å². The average molecular weight is 304 g/mol. The summed E-state index contributed by atoms with van der Waals surface area (Å²) in [6.07, 6.45) is 0. The standard InChI is InChI=1S/C18H22ClNO/c1-4-21-16-7-5-6-15(11-16)17-9-8-14(10-18(17)19)12-20-13(2)3/h5-11,13,20H,4,12H2,1-3H3. The predicted octanol–water partition coefficient (Wildman–Crippen LogP) is 4.90. The molecular weight excluding hydrogens is 282 g/mol. The first kappa shape index (κ1) is 15.9. The zero-order valence-electron chi connectivity index (χ0n) is 12.8. The highest BCUT2D eigenvalue weighted by Crippen LogP contribution is 2.31. The van der Waals surface area contributed by atoms with Crippen molar-refractivity contribution in [3.05, 3.63) is 53.1 Å². The molecule has 0 heterocycles. The second kappa shape index (κ2) is 7.48. The highest BCUT2D eigenvalue weighted by Gasteiger charge is 2.06. The molecule has 0 unspecified atom stereocenters. The van der Waals surface area contributed by atoms with Crippen molar-refractivity contribution in [1.82, 2.24) is 5.32 Å². The van der Waals surface area contributed by atoms with Crippen LogP contribution >= 0.6 is 11.6 Å². The minimum atomic E-state index is 0.464. The lowest BCUT2D eigenvalue weighted by atomic mass is 10.0. The fraction of sp³-hybridized carbons (Fsp3) is 0.333. The molecule has 2 aromatic carbocycles. The van der Waals surface area contributed by atoms with Crippen molar-refractivity contribution in [1.29, 1.82) is 0 Å². The quantitative estimate of drug-likeness (QED) is 0.819. The van der Waals surface area contributed by atoms with Gasteiger partial charge in [0.2, 0.25) is 0 Å². The van der Waals surface area contributed by atoms with E-state index < -0.39 is 0 Å². The Morgan fingerprint density at radius 1 is 1.14 bits per heavy atom. The molecule has 0 spiro atoms. The Bertz CT molecular complexity index is 596. The Morgan fingerprint density at radius 3 is 2.62 bits per heavy atom. The van der Waals surface area contributed by atoms with Gasteiger partial charge in [-0.2, -0.15) is 0 Å². The van der Waals surface area contributed by atoms with E-state index in [1.807, 2.05) is 31.2 Å². The van der Waals surface area contributed by atoms with Gasteiger partial charge in [0.05, 0.1) is 6.61 Å². The summed E-state index contributed by atoms with van der Waals surface area (Å²) in [6.45, 7) is 7.74. The molecule has 2 rings (SSSR count). The van der Waals surface area contributed by atoms with Crippen molar-refractivity contribution in [2.75, 3.05) is 6.61 Å². The Balaban J connectivity index is 2.22. The summed E-state index contributed by atoms with van der Waals surface area (Å²) in [7, 11) is 0. The molecule has 1 N–H and O–H groups in total. The topological polar surface area (TPSA) is 21.3 Å². The summed E-state index contributed by atoms with van der Waals surface area (Å²) in [6, 6.07) is 14.7. The molecule has 2 aromatic rings. The van der Waals surface area contributed by atoms with Crippen LogP contribution in [0.25, 0.3) is 11.1 Å². The molecule has 0 saturated carbocycles. The maximum atomic E-state index is 6.44. The molecule has 2 nitrogen and oxygen atoms in total. The van der Waals surface area contributed by atoms with E-state index in [0.29, 0.717) is 12.6 Å². The normalized spacial score (nSPS) is 10.9.